The summed E-state index contributed by atoms with van der Waals surface area (Å²) in [6.45, 7) is 4.67. The minimum Gasteiger partial charge on any atom is -0.309 e. The molecule has 220 valence electrons. The Bertz CT molecular complexity index is 2440. The average molecular weight is 629 g/mol. The highest BCUT2D eigenvalue weighted by molar-refractivity contribution is 7.16. The summed E-state index contributed by atoms with van der Waals surface area (Å²) in [5.74, 6) is 0. The number of aldehydes is 1. The van der Waals surface area contributed by atoms with E-state index in [0.29, 0.717) is 6.29 Å². The molecule has 7 aromatic rings. The molecule has 4 aromatic carbocycles. The highest BCUT2D eigenvalue weighted by Gasteiger charge is 2.35. The van der Waals surface area contributed by atoms with E-state index in [1.54, 1.807) is 28.7 Å². The van der Waals surface area contributed by atoms with Crippen LogP contribution in [0.1, 0.15) is 39.6 Å². The first-order chi connectivity index (χ1) is 22.4. The number of nitrogens with zero attached hydrogens (tertiary/aromatic N) is 2. The van der Waals surface area contributed by atoms with Crippen LogP contribution in [-0.2, 0) is 10.2 Å². The lowest BCUT2D eigenvalue weighted by atomic mass is 9.82. The second-order valence-corrected chi connectivity index (χ2v) is 14.4. The molecule has 0 unspecified atom stereocenters. The number of hydrogen-bond acceptors (Lipinski definition) is 4. The molecule has 0 saturated carbocycles. The Labute approximate surface area is 275 Å². The van der Waals surface area contributed by atoms with Crippen molar-refractivity contribution in [3.8, 4) is 33.3 Å². The molecule has 8 rings (SSSR count). The van der Waals surface area contributed by atoms with Crippen molar-refractivity contribution in [1.82, 2.24) is 4.57 Å². The van der Waals surface area contributed by atoms with Gasteiger partial charge >= 0.3 is 0 Å². The molecule has 1 aliphatic carbocycles. The minimum atomic E-state index is -0.0562. The normalized spacial score (nSPS) is 13.7. The third-order valence-electron chi connectivity index (χ3n) is 9.02. The molecule has 46 heavy (non-hydrogen) atoms. The Morgan fingerprint density at radius 3 is 2.28 bits per heavy atom. The molecular formula is C41H28N2OS2. The second-order valence-electron chi connectivity index (χ2n) is 12.1. The van der Waals surface area contributed by atoms with Crippen LogP contribution >= 0.6 is 22.7 Å². The van der Waals surface area contributed by atoms with Gasteiger partial charge in [-0.2, -0.15) is 5.26 Å². The quantitative estimate of drug-likeness (QED) is 0.104. The molecular weight excluding hydrogens is 601 g/mol. The highest BCUT2D eigenvalue weighted by Crippen LogP contribution is 2.49. The van der Waals surface area contributed by atoms with Crippen molar-refractivity contribution in [2.45, 2.75) is 19.3 Å². The van der Waals surface area contributed by atoms with Crippen molar-refractivity contribution in [3.05, 3.63) is 141 Å². The number of para-hydroxylation sites is 1. The molecule has 3 aromatic heterocycles. The zero-order valence-corrected chi connectivity index (χ0v) is 27.0. The van der Waals surface area contributed by atoms with Gasteiger partial charge in [0.1, 0.15) is 6.07 Å². The van der Waals surface area contributed by atoms with E-state index in [0.717, 1.165) is 14.6 Å². The van der Waals surface area contributed by atoms with Crippen LogP contribution in [0.5, 0.6) is 0 Å². The third kappa shape index (κ3) is 4.58. The first-order valence-corrected chi connectivity index (χ1v) is 16.8. The average Bonchev–Trinajstić information content (AvgIpc) is 3.86. The van der Waals surface area contributed by atoms with E-state index in [4.69, 9.17) is 5.26 Å². The fraction of sp³-hybridized carbons (Fsp3) is 0.0732. The predicted octanol–water partition coefficient (Wildman–Crippen LogP) is 11.2. The fourth-order valence-corrected chi connectivity index (χ4v) is 8.55. The maximum atomic E-state index is 11.0. The van der Waals surface area contributed by atoms with Gasteiger partial charge < -0.3 is 4.57 Å². The van der Waals surface area contributed by atoms with Gasteiger partial charge in [0, 0.05) is 41.4 Å². The number of rotatable bonds is 6. The molecule has 0 radical (unpaired) electrons. The van der Waals surface area contributed by atoms with E-state index in [1.807, 2.05) is 18.2 Å². The molecule has 0 atom stereocenters. The summed E-state index contributed by atoms with van der Waals surface area (Å²) in [5, 5.41) is 11.5. The molecule has 3 nitrogen and oxygen atoms in total. The molecule has 0 N–H and O–H groups in total. The molecule has 0 amide bonds. The van der Waals surface area contributed by atoms with E-state index in [2.05, 4.69) is 128 Å². The van der Waals surface area contributed by atoms with E-state index in [1.165, 1.54) is 60.2 Å². The Morgan fingerprint density at radius 2 is 1.43 bits per heavy atom. The van der Waals surface area contributed by atoms with Gasteiger partial charge in [-0.3, -0.25) is 4.79 Å². The van der Waals surface area contributed by atoms with Crippen molar-refractivity contribution in [1.29, 1.82) is 5.26 Å². The topological polar surface area (TPSA) is 45.8 Å². The Morgan fingerprint density at radius 1 is 0.717 bits per heavy atom. The van der Waals surface area contributed by atoms with E-state index < -0.39 is 0 Å². The van der Waals surface area contributed by atoms with E-state index in [-0.39, 0.29) is 11.0 Å². The third-order valence-corrected chi connectivity index (χ3v) is 11.1. The number of hydrogen-bond donors (Lipinski definition) is 0. The monoisotopic (exact) mass is 628 g/mol. The Balaban J connectivity index is 1.15. The first kappa shape index (κ1) is 28.2. The first-order valence-electron chi connectivity index (χ1n) is 15.2. The number of carbonyl (C=O) groups excluding carboxylic acids is 1. The number of benzene rings is 4. The lowest BCUT2D eigenvalue weighted by molar-refractivity contribution is -0.104. The lowest BCUT2D eigenvalue weighted by Gasteiger charge is -2.22. The van der Waals surface area contributed by atoms with Gasteiger partial charge in [0.2, 0.25) is 0 Å². The summed E-state index contributed by atoms with van der Waals surface area (Å²) >= 11 is 3.31. The fourth-order valence-electron chi connectivity index (χ4n) is 6.78. The summed E-state index contributed by atoms with van der Waals surface area (Å²) in [6.07, 6.45) is 6.41. The summed E-state index contributed by atoms with van der Waals surface area (Å²) in [4.78, 5) is 15.3. The highest BCUT2D eigenvalue weighted by atomic mass is 32.1. The predicted molar refractivity (Wildman–Crippen MR) is 195 cm³/mol. The second kappa shape index (κ2) is 11.0. The lowest BCUT2D eigenvalue weighted by Crippen LogP contribution is -2.15. The summed E-state index contributed by atoms with van der Waals surface area (Å²) < 4.78 is 2.41. The Hall–Kier alpha value is -5.28. The van der Waals surface area contributed by atoms with Crippen molar-refractivity contribution >= 4 is 69.0 Å². The molecule has 0 bridgehead atoms. The van der Waals surface area contributed by atoms with E-state index in [9.17, 15) is 4.79 Å². The van der Waals surface area contributed by atoms with Gasteiger partial charge in [-0.1, -0.05) is 68.4 Å². The largest absolute Gasteiger partial charge is 0.309 e. The number of nitriles is 1. The molecule has 5 heteroatoms. The van der Waals surface area contributed by atoms with Gasteiger partial charge in [0.05, 0.1) is 16.6 Å². The number of fused-ring (bicyclic) bond motifs is 6. The van der Waals surface area contributed by atoms with Crippen molar-refractivity contribution in [3.63, 3.8) is 0 Å². The van der Waals surface area contributed by atoms with Crippen LogP contribution in [-0.4, -0.2) is 10.9 Å². The number of thiophene rings is 2. The standard InChI is InChI=1S/C41H28N2OS2/c1-41(2)36-9-5-3-7-32(36)33-18-12-28(23-37(33)41)43-38-10-6-4-8-34(38)35-22-27(11-19-39(35)43)40-20-17-30(46-40)14-13-29-15-16-31(45-29)21-26(24-42)25-44/h3-23,25H,1-2H3. The molecule has 0 aliphatic heterocycles. The van der Waals surface area contributed by atoms with Crippen LogP contribution in [0.15, 0.2) is 115 Å². The van der Waals surface area contributed by atoms with E-state index >= 15 is 0 Å². The zero-order chi connectivity index (χ0) is 31.4. The summed E-state index contributed by atoms with van der Waals surface area (Å²) in [7, 11) is 0. The van der Waals surface area contributed by atoms with Crippen LogP contribution in [0.4, 0.5) is 0 Å². The smallest absolute Gasteiger partial charge is 0.160 e. The van der Waals surface area contributed by atoms with Crippen LogP contribution in [0, 0.1) is 11.3 Å². The number of aromatic nitrogens is 1. The minimum absolute atomic E-state index is 0.0562. The van der Waals surface area contributed by atoms with Gasteiger partial charge in [-0.05, 0) is 101 Å². The zero-order valence-electron chi connectivity index (χ0n) is 25.3. The van der Waals surface area contributed by atoms with Crippen molar-refractivity contribution < 1.29 is 4.79 Å². The van der Waals surface area contributed by atoms with Gasteiger partial charge in [-0.15, -0.1) is 22.7 Å². The summed E-state index contributed by atoms with van der Waals surface area (Å²) in [6, 6.07) is 41.5. The SMILES string of the molecule is CC1(C)c2ccccc2-c2ccc(-n3c4ccccc4c4cc(-c5ccc(C=Cc6ccc(C=C(C#N)C=O)s6)s5)ccc43)cc21. The number of carbonyl (C=O) groups is 1. The molecule has 0 spiro atoms. The van der Waals surface area contributed by atoms with Gasteiger partial charge in [0.15, 0.2) is 6.29 Å². The Kier molecular flexibility index (Phi) is 6.72. The van der Waals surface area contributed by atoms with Crippen LogP contribution in [0.25, 0.3) is 67.3 Å². The molecule has 1 aliphatic rings. The van der Waals surface area contributed by atoms with Gasteiger partial charge in [0.25, 0.3) is 0 Å². The van der Waals surface area contributed by atoms with Crippen LogP contribution < -0.4 is 0 Å². The maximum absolute atomic E-state index is 11.0. The van der Waals surface area contributed by atoms with Crippen molar-refractivity contribution in [2.75, 3.05) is 0 Å². The molecule has 0 fully saturated rings. The van der Waals surface area contributed by atoms with Gasteiger partial charge in [-0.25, -0.2) is 0 Å². The maximum Gasteiger partial charge on any atom is 0.160 e. The molecule has 0 saturated heterocycles. The van der Waals surface area contributed by atoms with Crippen LogP contribution in [0.2, 0.25) is 0 Å². The summed E-state index contributed by atoms with van der Waals surface area (Å²) in [5.41, 5.74) is 10.3. The van der Waals surface area contributed by atoms with Crippen LogP contribution in [0.3, 0.4) is 0 Å². The number of allylic oxidation sites excluding steroid dienone is 1. The molecule has 3 heterocycles. The van der Waals surface area contributed by atoms with Crippen molar-refractivity contribution in [2.24, 2.45) is 0 Å².